The van der Waals surface area contributed by atoms with Gasteiger partial charge in [0.1, 0.15) is 30.5 Å². The van der Waals surface area contributed by atoms with E-state index in [-0.39, 0.29) is 35.0 Å². The molecule has 0 unspecified atom stereocenters. The van der Waals surface area contributed by atoms with E-state index in [0.29, 0.717) is 5.75 Å². The van der Waals surface area contributed by atoms with E-state index in [1.54, 1.807) is 0 Å². The van der Waals surface area contributed by atoms with Crippen LogP contribution in [0, 0.1) is 5.82 Å². The van der Waals surface area contributed by atoms with Crippen LogP contribution in [0.1, 0.15) is 11.1 Å². The Kier molecular flexibility index (Phi) is 7.14. The summed E-state index contributed by atoms with van der Waals surface area (Å²) in [7, 11) is -0.594. The van der Waals surface area contributed by atoms with Gasteiger partial charge in [0.25, 0.3) is 0 Å². The second-order valence-corrected chi connectivity index (χ2v) is 7.98. The molecule has 2 N–H and O–H groups in total. The molecule has 9 heteroatoms. The van der Waals surface area contributed by atoms with Gasteiger partial charge in [-0.1, -0.05) is 0 Å². The van der Waals surface area contributed by atoms with Crippen LogP contribution in [-0.4, -0.2) is 50.2 Å². The van der Waals surface area contributed by atoms with E-state index in [4.69, 9.17) is 9.47 Å². The standard InChI is InChI=1S/C18H22FNO6S/c1-20(2)27(23,24)17-5-3-16(4-6-17)25-7-8-26-18-13(11-21)9-15(19)10-14(18)12-22/h3-6,9-10,21-22H,7-8,11-12H2,1-2H3. The maximum atomic E-state index is 13.4. The summed E-state index contributed by atoms with van der Waals surface area (Å²) in [6, 6.07) is 8.23. The maximum Gasteiger partial charge on any atom is 0.242 e. The van der Waals surface area contributed by atoms with Crippen LogP contribution in [0.3, 0.4) is 0 Å². The highest BCUT2D eigenvalue weighted by molar-refractivity contribution is 7.89. The smallest absolute Gasteiger partial charge is 0.242 e. The number of rotatable bonds is 9. The van der Waals surface area contributed by atoms with E-state index in [1.807, 2.05) is 0 Å². The van der Waals surface area contributed by atoms with Gasteiger partial charge in [-0.05, 0) is 36.4 Å². The van der Waals surface area contributed by atoms with Crippen LogP contribution in [0.15, 0.2) is 41.3 Å². The van der Waals surface area contributed by atoms with Crippen molar-refractivity contribution < 1.29 is 32.5 Å². The number of aliphatic hydroxyl groups is 2. The summed E-state index contributed by atoms with van der Waals surface area (Å²) in [4.78, 5) is 0.155. The predicted molar refractivity (Wildman–Crippen MR) is 96.6 cm³/mol. The van der Waals surface area contributed by atoms with Crippen molar-refractivity contribution in [1.29, 1.82) is 0 Å². The van der Waals surface area contributed by atoms with Crippen LogP contribution in [0.2, 0.25) is 0 Å². The topological polar surface area (TPSA) is 96.3 Å². The summed E-state index contributed by atoms with van der Waals surface area (Å²) in [5, 5.41) is 18.6. The van der Waals surface area contributed by atoms with Crippen LogP contribution in [0.4, 0.5) is 4.39 Å². The first-order valence-corrected chi connectivity index (χ1v) is 9.54. The Balaban J connectivity index is 1.96. The van der Waals surface area contributed by atoms with Crippen molar-refractivity contribution in [1.82, 2.24) is 4.31 Å². The summed E-state index contributed by atoms with van der Waals surface area (Å²) < 4.78 is 49.6. The van der Waals surface area contributed by atoms with Gasteiger partial charge >= 0.3 is 0 Å². The Bertz CT molecular complexity index is 843. The summed E-state index contributed by atoms with van der Waals surface area (Å²) in [5.74, 6) is 0.108. The van der Waals surface area contributed by atoms with Crippen molar-refractivity contribution in [3.05, 3.63) is 53.3 Å². The van der Waals surface area contributed by atoms with Crippen LogP contribution >= 0.6 is 0 Å². The number of benzene rings is 2. The van der Waals surface area contributed by atoms with Gasteiger partial charge < -0.3 is 19.7 Å². The maximum absolute atomic E-state index is 13.4. The molecule has 0 spiro atoms. The lowest BCUT2D eigenvalue weighted by molar-refractivity contribution is 0.202. The number of halogens is 1. The molecule has 0 bridgehead atoms. The number of aliphatic hydroxyl groups excluding tert-OH is 2. The average Bonchev–Trinajstić information content (AvgIpc) is 2.65. The monoisotopic (exact) mass is 399 g/mol. The molecule has 7 nitrogen and oxygen atoms in total. The third-order valence-electron chi connectivity index (χ3n) is 3.75. The van der Waals surface area contributed by atoms with E-state index in [9.17, 15) is 23.0 Å². The summed E-state index contributed by atoms with van der Waals surface area (Å²) in [5.41, 5.74) is 0.467. The normalized spacial score (nSPS) is 11.6. The van der Waals surface area contributed by atoms with Crippen molar-refractivity contribution in [2.24, 2.45) is 0 Å². The number of nitrogens with zero attached hydrogens (tertiary/aromatic N) is 1. The predicted octanol–water partition coefficient (Wildman–Crippen LogP) is 1.52. The van der Waals surface area contributed by atoms with Gasteiger partial charge in [0, 0.05) is 25.2 Å². The van der Waals surface area contributed by atoms with E-state index in [1.165, 1.54) is 38.4 Å². The van der Waals surface area contributed by atoms with Gasteiger partial charge in [-0.2, -0.15) is 0 Å². The van der Waals surface area contributed by atoms with E-state index < -0.39 is 29.1 Å². The first-order chi connectivity index (χ1) is 12.8. The molecule has 0 aromatic heterocycles. The fourth-order valence-electron chi connectivity index (χ4n) is 2.35. The molecule has 0 fully saturated rings. The molecule has 0 radical (unpaired) electrons. The van der Waals surface area contributed by atoms with Crippen molar-refractivity contribution in [3.8, 4) is 11.5 Å². The van der Waals surface area contributed by atoms with Crippen molar-refractivity contribution >= 4 is 10.0 Å². The van der Waals surface area contributed by atoms with Gasteiger partial charge in [0.15, 0.2) is 0 Å². The first-order valence-electron chi connectivity index (χ1n) is 8.10. The Labute approximate surface area is 157 Å². The molecule has 2 aromatic rings. The molecule has 27 heavy (non-hydrogen) atoms. The molecule has 0 saturated carbocycles. The summed E-state index contributed by atoms with van der Waals surface area (Å²) in [6.45, 7) is -0.637. The second-order valence-electron chi connectivity index (χ2n) is 5.83. The van der Waals surface area contributed by atoms with Crippen LogP contribution in [0.25, 0.3) is 0 Å². The highest BCUT2D eigenvalue weighted by Crippen LogP contribution is 2.26. The molecule has 0 aliphatic carbocycles. The lowest BCUT2D eigenvalue weighted by Gasteiger charge is -2.15. The third kappa shape index (κ3) is 5.16. The van der Waals surface area contributed by atoms with Gasteiger partial charge in [-0.15, -0.1) is 0 Å². The van der Waals surface area contributed by atoms with E-state index in [2.05, 4.69) is 0 Å². The molecule has 2 rings (SSSR count). The second kappa shape index (κ2) is 9.14. The molecule has 0 atom stereocenters. The Morgan fingerprint density at radius 1 is 0.963 bits per heavy atom. The van der Waals surface area contributed by atoms with Crippen LogP contribution < -0.4 is 9.47 Å². The number of hydrogen-bond donors (Lipinski definition) is 2. The first kappa shape index (κ1) is 21.1. The van der Waals surface area contributed by atoms with Crippen LogP contribution in [-0.2, 0) is 23.2 Å². The fourth-order valence-corrected chi connectivity index (χ4v) is 3.26. The molecular formula is C18H22FNO6S. The van der Waals surface area contributed by atoms with Crippen LogP contribution in [0.5, 0.6) is 11.5 Å². The van der Waals surface area contributed by atoms with Crippen molar-refractivity contribution in [2.45, 2.75) is 18.1 Å². The Hall–Kier alpha value is -2.20. The summed E-state index contributed by atoms with van der Waals surface area (Å²) >= 11 is 0. The quantitative estimate of drug-likeness (QED) is 0.621. The minimum Gasteiger partial charge on any atom is -0.490 e. The van der Waals surface area contributed by atoms with E-state index >= 15 is 0 Å². The number of hydrogen-bond acceptors (Lipinski definition) is 6. The molecule has 0 aliphatic rings. The van der Waals surface area contributed by atoms with Gasteiger partial charge in [0.05, 0.1) is 18.1 Å². The third-order valence-corrected chi connectivity index (χ3v) is 5.58. The SMILES string of the molecule is CN(C)S(=O)(=O)c1ccc(OCCOc2c(CO)cc(F)cc2CO)cc1. The molecule has 2 aromatic carbocycles. The zero-order valence-electron chi connectivity index (χ0n) is 15.1. The Morgan fingerprint density at radius 3 is 1.96 bits per heavy atom. The number of ether oxygens (including phenoxy) is 2. The minimum absolute atomic E-state index is 0.0867. The van der Waals surface area contributed by atoms with Gasteiger partial charge in [-0.25, -0.2) is 17.1 Å². The van der Waals surface area contributed by atoms with Gasteiger partial charge in [-0.3, -0.25) is 0 Å². The molecule has 0 saturated heterocycles. The van der Waals surface area contributed by atoms with Crippen molar-refractivity contribution in [2.75, 3.05) is 27.3 Å². The lowest BCUT2D eigenvalue weighted by Crippen LogP contribution is -2.22. The zero-order chi connectivity index (χ0) is 20.0. The highest BCUT2D eigenvalue weighted by Gasteiger charge is 2.16. The highest BCUT2D eigenvalue weighted by atomic mass is 32.2. The molecule has 0 aliphatic heterocycles. The molecule has 0 amide bonds. The molecule has 0 heterocycles. The van der Waals surface area contributed by atoms with E-state index in [0.717, 1.165) is 16.4 Å². The number of sulfonamides is 1. The fraction of sp³-hybridized carbons (Fsp3) is 0.333. The zero-order valence-corrected chi connectivity index (χ0v) is 15.9. The molecular weight excluding hydrogens is 377 g/mol. The molecule has 148 valence electrons. The van der Waals surface area contributed by atoms with Crippen molar-refractivity contribution in [3.63, 3.8) is 0 Å². The average molecular weight is 399 g/mol. The largest absolute Gasteiger partial charge is 0.490 e. The summed E-state index contributed by atoms with van der Waals surface area (Å²) in [6.07, 6.45) is 0. The Morgan fingerprint density at radius 2 is 1.48 bits per heavy atom. The van der Waals surface area contributed by atoms with Gasteiger partial charge in [0.2, 0.25) is 10.0 Å². The lowest BCUT2D eigenvalue weighted by atomic mass is 10.1. The minimum atomic E-state index is -3.50.